The van der Waals surface area contributed by atoms with Gasteiger partial charge in [-0.15, -0.1) is 11.3 Å². The van der Waals surface area contributed by atoms with E-state index < -0.39 is 24.3 Å². The van der Waals surface area contributed by atoms with Crippen LogP contribution in [0, 0.1) is 5.82 Å². The fourth-order valence-electron chi connectivity index (χ4n) is 2.15. The molecule has 0 unspecified atom stereocenters. The van der Waals surface area contributed by atoms with Crippen LogP contribution >= 0.6 is 46.1 Å². The Hall–Kier alpha value is -1.86. The van der Waals surface area contributed by atoms with Gasteiger partial charge in [0.05, 0.1) is 15.7 Å². The van der Waals surface area contributed by atoms with Crippen molar-refractivity contribution in [1.29, 1.82) is 0 Å². The molecule has 1 aromatic heterocycles. The summed E-state index contributed by atoms with van der Waals surface area (Å²) >= 11 is 18.9. The lowest BCUT2D eigenvalue weighted by Gasteiger charge is -2.08. The van der Waals surface area contributed by atoms with Gasteiger partial charge in [-0.1, -0.05) is 34.8 Å². The van der Waals surface area contributed by atoms with E-state index in [1.807, 2.05) is 0 Å². The molecule has 3 rings (SSSR count). The van der Waals surface area contributed by atoms with E-state index in [9.17, 15) is 14.0 Å². The van der Waals surface area contributed by atoms with Gasteiger partial charge in [-0.25, -0.2) is 9.18 Å². The Kier molecular flexibility index (Phi) is 5.67. The number of amides is 1. The van der Waals surface area contributed by atoms with Gasteiger partial charge in [0.25, 0.3) is 5.91 Å². The molecule has 0 aliphatic heterocycles. The van der Waals surface area contributed by atoms with Crippen molar-refractivity contribution in [3.63, 3.8) is 0 Å². The predicted octanol–water partition coefficient (Wildman–Crippen LogP) is 5.80. The average molecular weight is 433 g/mol. The Labute approximate surface area is 166 Å². The molecule has 0 aliphatic carbocycles. The van der Waals surface area contributed by atoms with Crippen LogP contribution in [-0.2, 0) is 9.53 Å². The van der Waals surface area contributed by atoms with Crippen molar-refractivity contribution in [3.8, 4) is 0 Å². The maximum Gasteiger partial charge on any atom is 0.350 e. The van der Waals surface area contributed by atoms with Crippen molar-refractivity contribution in [1.82, 2.24) is 0 Å². The predicted molar refractivity (Wildman–Crippen MR) is 102 cm³/mol. The Balaban J connectivity index is 1.68. The molecule has 1 N–H and O–H groups in total. The Morgan fingerprint density at radius 1 is 1.12 bits per heavy atom. The molecule has 3 aromatic rings. The molecule has 0 atom stereocenters. The molecule has 0 saturated carbocycles. The number of ether oxygens (including phenoxy) is 1. The minimum absolute atomic E-state index is 0.0980. The third kappa shape index (κ3) is 4.10. The van der Waals surface area contributed by atoms with Gasteiger partial charge in [0, 0.05) is 15.1 Å². The van der Waals surface area contributed by atoms with Gasteiger partial charge in [-0.3, -0.25) is 4.79 Å². The number of hydrogen-bond donors (Lipinski definition) is 1. The lowest BCUT2D eigenvalue weighted by Crippen LogP contribution is -2.20. The van der Waals surface area contributed by atoms with Crippen LogP contribution in [-0.4, -0.2) is 18.5 Å². The quantitative estimate of drug-likeness (QED) is 0.530. The van der Waals surface area contributed by atoms with Crippen LogP contribution < -0.4 is 5.32 Å². The second kappa shape index (κ2) is 7.80. The number of esters is 1. The lowest BCUT2D eigenvalue weighted by molar-refractivity contribution is -0.119. The van der Waals surface area contributed by atoms with E-state index >= 15 is 0 Å². The monoisotopic (exact) mass is 431 g/mol. The van der Waals surface area contributed by atoms with Crippen LogP contribution in [0.5, 0.6) is 0 Å². The minimum atomic E-state index is -0.774. The second-order valence-electron chi connectivity index (χ2n) is 5.13. The highest BCUT2D eigenvalue weighted by Gasteiger charge is 2.20. The maximum absolute atomic E-state index is 13.3. The summed E-state index contributed by atoms with van der Waals surface area (Å²) in [6, 6.07) is 8.58. The third-order valence-electron chi connectivity index (χ3n) is 3.31. The van der Waals surface area contributed by atoms with Crippen LogP contribution in [0.2, 0.25) is 15.1 Å². The normalized spacial score (nSPS) is 10.8. The molecule has 4 nitrogen and oxygen atoms in total. The first-order valence-electron chi connectivity index (χ1n) is 7.14. The van der Waals surface area contributed by atoms with Crippen molar-refractivity contribution in [3.05, 3.63) is 62.2 Å². The number of benzene rings is 2. The van der Waals surface area contributed by atoms with Crippen molar-refractivity contribution >= 4 is 73.8 Å². The Morgan fingerprint density at radius 3 is 2.65 bits per heavy atom. The summed E-state index contributed by atoms with van der Waals surface area (Å²) in [5.74, 6) is -1.80. The zero-order valence-electron chi connectivity index (χ0n) is 12.8. The molecule has 26 heavy (non-hydrogen) atoms. The Bertz CT molecular complexity index is 1020. The van der Waals surface area contributed by atoms with Gasteiger partial charge >= 0.3 is 5.97 Å². The first-order valence-corrected chi connectivity index (χ1v) is 9.10. The van der Waals surface area contributed by atoms with E-state index in [0.29, 0.717) is 25.8 Å². The first-order chi connectivity index (χ1) is 12.3. The minimum Gasteiger partial charge on any atom is -0.451 e. The summed E-state index contributed by atoms with van der Waals surface area (Å²) < 4.78 is 18.8. The SMILES string of the molecule is O=C(COC(=O)c1sc2cc(F)ccc2c1Cl)Nc1cc(Cl)ccc1Cl. The number of carbonyl (C=O) groups excluding carboxylic acids is 2. The third-order valence-corrected chi connectivity index (χ3v) is 5.52. The molecule has 0 saturated heterocycles. The zero-order valence-corrected chi connectivity index (χ0v) is 15.9. The van der Waals surface area contributed by atoms with E-state index in [0.717, 1.165) is 11.3 Å². The van der Waals surface area contributed by atoms with E-state index in [2.05, 4.69) is 5.32 Å². The van der Waals surface area contributed by atoms with Crippen LogP contribution in [0.4, 0.5) is 10.1 Å². The van der Waals surface area contributed by atoms with Gasteiger partial charge in [-0.05, 0) is 36.4 Å². The highest BCUT2D eigenvalue weighted by atomic mass is 35.5. The van der Waals surface area contributed by atoms with E-state index in [4.69, 9.17) is 39.5 Å². The van der Waals surface area contributed by atoms with Gasteiger partial charge in [0.1, 0.15) is 10.7 Å². The molecule has 1 heterocycles. The van der Waals surface area contributed by atoms with E-state index in [1.165, 1.54) is 30.3 Å². The van der Waals surface area contributed by atoms with Crippen molar-refractivity contribution < 1.29 is 18.7 Å². The van der Waals surface area contributed by atoms with Crippen LogP contribution in [0.1, 0.15) is 9.67 Å². The molecule has 1 amide bonds. The molecule has 0 bridgehead atoms. The number of carbonyl (C=O) groups is 2. The van der Waals surface area contributed by atoms with Gasteiger partial charge < -0.3 is 10.1 Å². The molecule has 0 spiro atoms. The highest BCUT2D eigenvalue weighted by Crippen LogP contribution is 2.36. The van der Waals surface area contributed by atoms with Crippen LogP contribution in [0.3, 0.4) is 0 Å². The fraction of sp³-hybridized carbons (Fsp3) is 0.0588. The first kappa shape index (κ1) is 18.9. The van der Waals surface area contributed by atoms with Gasteiger partial charge in [-0.2, -0.15) is 0 Å². The smallest absolute Gasteiger partial charge is 0.350 e. The number of nitrogens with one attached hydrogen (secondary N) is 1. The molecule has 0 radical (unpaired) electrons. The summed E-state index contributed by atoms with van der Waals surface area (Å²) in [6.45, 7) is -0.541. The molecule has 134 valence electrons. The van der Waals surface area contributed by atoms with E-state index in [1.54, 1.807) is 6.07 Å². The van der Waals surface area contributed by atoms with Gasteiger partial charge in [0.15, 0.2) is 6.61 Å². The molecular weight excluding hydrogens is 424 g/mol. The van der Waals surface area contributed by atoms with Crippen molar-refractivity contribution in [2.24, 2.45) is 0 Å². The van der Waals surface area contributed by atoms with Crippen molar-refractivity contribution in [2.45, 2.75) is 0 Å². The number of hydrogen-bond acceptors (Lipinski definition) is 4. The number of anilines is 1. The summed E-state index contributed by atoms with van der Waals surface area (Å²) in [7, 11) is 0. The summed E-state index contributed by atoms with van der Waals surface area (Å²) in [6.07, 6.45) is 0. The number of rotatable bonds is 4. The van der Waals surface area contributed by atoms with Crippen LogP contribution in [0.15, 0.2) is 36.4 Å². The average Bonchev–Trinajstić information content (AvgIpc) is 2.92. The molecule has 0 fully saturated rings. The lowest BCUT2D eigenvalue weighted by atomic mass is 10.2. The Morgan fingerprint density at radius 2 is 1.88 bits per heavy atom. The largest absolute Gasteiger partial charge is 0.451 e. The molecule has 9 heteroatoms. The topological polar surface area (TPSA) is 55.4 Å². The molecule has 2 aromatic carbocycles. The standard InChI is InChI=1S/C17H9Cl3FNO3S/c18-8-1-4-11(19)12(5-8)22-14(23)7-25-17(24)16-15(20)10-3-2-9(21)6-13(10)26-16/h1-6H,7H2,(H,22,23). The fourth-order valence-corrected chi connectivity index (χ4v) is 3.91. The van der Waals surface area contributed by atoms with Crippen molar-refractivity contribution in [2.75, 3.05) is 11.9 Å². The van der Waals surface area contributed by atoms with Crippen LogP contribution in [0.25, 0.3) is 10.1 Å². The maximum atomic E-state index is 13.3. The van der Waals surface area contributed by atoms with Gasteiger partial charge in [0.2, 0.25) is 0 Å². The second-order valence-corrected chi connectivity index (χ2v) is 7.41. The summed E-state index contributed by atoms with van der Waals surface area (Å²) in [5.41, 5.74) is 0.301. The summed E-state index contributed by atoms with van der Waals surface area (Å²) in [4.78, 5) is 24.2. The number of fused-ring (bicyclic) bond motifs is 1. The summed E-state index contributed by atoms with van der Waals surface area (Å²) in [5, 5.41) is 3.89. The van der Waals surface area contributed by atoms with E-state index in [-0.39, 0.29) is 9.90 Å². The molecule has 0 aliphatic rings. The number of halogens is 4. The number of thiophene rings is 1. The molecular formula is C17H9Cl3FNO3S. The zero-order chi connectivity index (χ0) is 18.8. The highest BCUT2D eigenvalue weighted by molar-refractivity contribution is 7.21.